The van der Waals surface area contributed by atoms with Crippen molar-refractivity contribution in [2.75, 3.05) is 0 Å². The van der Waals surface area contributed by atoms with Crippen molar-refractivity contribution in [2.45, 2.75) is 26.4 Å². The number of benzene rings is 2. The number of halogens is 2. The molecule has 0 aromatic heterocycles. The van der Waals surface area contributed by atoms with Crippen molar-refractivity contribution in [2.24, 2.45) is 0 Å². The van der Waals surface area contributed by atoms with Gasteiger partial charge in [-0.3, -0.25) is 4.79 Å². The van der Waals surface area contributed by atoms with Gasteiger partial charge in [-0.15, -0.1) is 0 Å². The predicted molar refractivity (Wildman–Crippen MR) is 86.7 cm³/mol. The monoisotopic (exact) mass is 322 g/mol. The molecule has 2 aromatic carbocycles. The normalized spacial score (nSPS) is 10.7. The quantitative estimate of drug-likeness (QED) is 0.706. The lowest BCUT2D eigenvalue weighted by Gasteiger charge is -2.14. The third-order valence-corrected chi connectivity index (χ3v) is 3.66. The van der Waals surface area contributed by atoms with E-state index in [0.717, 1.165) is 0 Å². The van der Waals surface area contributed by atoms with Gasteiger partial charge in [0.25, 0.3) is 0 Å². The number of hydrogen-bond donors (Lipinski definition) is 0. The Labute approximate surface area is 134 Å². The molecule has 110 valence electrons. The molecule has 4 heteroatoms. The lowest BCUT2D eigenvalue weighted by Crippen LogP contribution is -2.11. The first-order chi connectivity index (χ1) is 9.99. The van der Waals surface area contributed by atoms with Gasteiger partial charge in [-0.2, -0.15) is 0 Å². The molecular weight excluding hydrogens is 307 g/mol. The molecule has 0 spiro atoms. The molecule has 0 saturated heterocycles. The third kappa shape index (κ3) is 3.99. The summed E-state index contributed by atoms with van der Waals surface area (Å²) in [6, 6.07) is 12.4. The van der Waals surface area contributed by atoms with E-state index in [0.29, 0.717) is 26.9 Å². The van der Waals surface area contributed by atoms with E-state index in [4.69, 9.17) is 27.9 Å². The number of ether oxygens (including phenoxy) is 1. The number of carbonyl (C=O) groups is 1. The molecule has 0 fully saturated rings. The van der Waals surface area contributed by atoms with E-state index in [-0.39, 0.29) is 18.3 Å². The molecular formula is C17H16Cl2O2. The van der Waals surface area contributed by atoms with Crippen LogP contribution in [0.5, 0.6) is 5.75 Å². The van der Waals surface area contributed by atoms with Crippen molar-refractivity contribution in [3.63, 3.8) is 0 Å². The smallest absolute Gasteiger partial charge is 0.171 e. The summed E-state index contributed by atoms with van der Waals surface area (Å²) in [5, 5.41) is 0.996. The summed E-state index contributed by atoms with van der Waals surface area (Å²) in [7, 11) is 0. The van der Waals surface area contributed by atoms with Crippen LogP contribution in [0.2, 0.25) is 10.0 Å². The van der Waals surface area contributed by atoms with Gasteiger partial charge in [0.15, 0.2) is 5.78 Å². The standard InChI is InChI=1S/C17H16Cl2O2/c1-11(2)21-17-9-4-3-6-12(17)16(20)10-13-14(18)7-5-8-15(13)19/h3-9,11H,10H2,1-2H3. The van der Waals surface area contributed by atoms with Crippen LogP contribution in [0.1, 0.15) is 29.8 Å². The summed E-state index contributed by atoms with van der Waals surface area (Å²) in [6.45, 7) is 3.85. The fourth-order valence-electron chi connectivity index (χ4n) is 2.01. The Balaban J connectivity index is 2.29. The Morgan fingerprint density at radius 1 is 1.05 bits per heavy atom. The maximum Gasteiger partial charge on any atom is 0.171 e. The SMILES string of the molecule is CC(C)Oc1ccccc1C(=O)Cc1c(Cl)cccc1Cl. The second-order valence-electron chi connectivity index (χ2n) is 4.96. The van der Waals surface area contributed by atoms with Crippen molar-refractivity contribution in [1.82, 2.24) is 0 Å². The molecule has 2 nitrogen and oxygen atoms in total. The molecule has 0 amide bonds. The summed E-state index contributed by atoms with van der Waals surface area (Å²) >= 11 is 12.2. The summed E-state index contributed by atoms with van der Waals surface area (Å²) in [5.74, 6) is 0.516. The highest BCUT2D eigenvalue weighted by molar-refractivity contribution is 6.36. The zero-order valence-corrected chi connectivity index (χ0v) is 13.4. The van der Waals surface area contributed by atoms with E-state index >= 15 is 0 Å². The lowest BCUT2D eigenvalue weighted by molar-refractivity contribution is 0.0987. The van der Waals surface area contributed by atoms with Crippen LogP contribution in [-0.4, -0.2) is 11.9 Å². The Morgan fingerprint density at radius 3 is 2.29 bits per heavy atom. The summed E-state index contributed by atoms with van der Waals surface area (Å²) in [4.78, 5) is 12.5. The van der Waals surface area contributed by atoms with Gasteiger partial charge in [-0.1, -0.05) is 41.4 Å². The van der Waals surface area contributed by atoms with Crippen LogP contribution in [0, 0.1) is 0 Å². The minimum atomic E-state index is -0.0683. The van der Waals surface area contributed by atoms with Gasteiger partial charge in [0, 0.05) is 16.5 Å². The first kappa shape index (κ1) is 15.9. The Kier molecular flexibility index (Phi) is 5.27. The molecule has 0 aliphatic heterocycles. The first-order valence-electron chi connectivity index (χ1n) is 6.71. The highest BCUT2D eigenvalue weighted by Gasteiger charge is 2.16. The Bertz CT molecular complexity index is 631. The van der Waals surface area contributed by atoms with Crippen molar-refractivity contribution in [3.8, 4) is 5.75 Å². The van der Waals surface area contributed by atoms with Crippen molar-refractivity contribution >= 4 is 29.0 Å². The number of rotatable bonds is 5. The van der Waals surface area contributed by atoms with Crippen LogP contribution in [0.25, 0.3) is 0 Å². The topological polar surface area (TPSA) is 26.3 Å². The van der Waals surface area contributed by atoms with E-state index in [1.807, 2.05) is 26.0 Å². The van der Waals surface area contributed by atoms with Gasteiger partial charge in [-0.25, -0.2) is 0 Å². The molecule has 2 aromatic rings. The molecule has 0 radical (unpaired) electrons. The lowest BCUT2D eigenvalue weighted by atomic mass is 10.0. The molecule has 0 unspecified atom stereocenters. The molecule has 0 atom stereocenters. The molecule has 0 bridgehead atoms. The number of Topliss-reactive ketones (excluding diaryl/α,β-unsaturated/α-hetero) is 1. The average Bonchev–Trinajstić information content (AvgIpc) is 2.43. The van der Waals surface area contributed by atoms with Gasteiger partial charge in [0.05, 0.1) is 11.7 Å². The van der Waals surface area contributed by atoms with Crippen LogP contribution < -0.4 is 4.74 Å². The molecule has 21 heavy (non-hydrogen) atoms. The second kappa shape index (κ2) is 6.97. The van der Waals surface area contributed by atoms with Gasteiger partial charge in [0.1, 0.15) is 5.75 Å². The molecule has 0 heterocycles. The van der Waals surface area contributed by atoms with E-state index < -0.39 is 0 Å². The first-order valence-corrected chi connectivity index (χ1v) is 7.46. The highest BCUT2D eigenvalue weighted by Crippen LogP contribution is 2.27. The van der Waals surface area contributed by atoms with E-state index in [1.54, 1.807) is 30.3 Å². The number of carbonyl (C=O) groups excluding carboxylic acids is 1. The summed E-state index contributed by atoms with van der Waals surface area (Å²) < 4.78 is 5.68. The Hall–Kier alpha value is -1.51. The van der Waals surface area contributed by atoms with Gasteiger partial charge >= 0.3 is 0 Å². The third-order valence-electron chi connectivity index (χ3n) is 2.95. The highest BCUT2D eigenvalue weighted by atomic mass is 35.5. The fourth-order valence-corrected chi connectivity index (χ4v) is 2.54. The van der Waals surface area contributed by atoms with Crippen LogP contribution in [0.15, 0.2) is 42.5 Å². The van der Waals surface area contributed by atoms with Crippen LogP contribution >= 0.6 is 23.2 Å². The zero-order chi connectivity index (χ0) is 15.4. The van der Waals surface area contributed by atoms with E-state index in [9.17, 15) is 4.79 Å². The van der Waals surface area contributed by atoms with E-state index in [2.05, 4.69) is 0 Å². The summed E-state index contributed by atoms with van der Waals surface area (Å²) in [6.07, 6.45) is 0.152. The van der Waals surface area contributed by atoms with Crippen molar-refractivity contribution < 1.29 is 9.53 Å². The number of para-hydroxylation sites is 1. The van der Waals surface area contributed by atoms with Gasteiger partial charge < -0.3 is 4.74 Å². The van der Waals surface area contributed by atoms with Gasteiger partial charge in [0.2, 0.25) is 0 Å². The Morgan fingerprint density at radius 2 is 1.67 bits per heavy atom. The molecule has 0 aliphatic rings. The minimum absolute atomic E-state index is 0.00264. The maximum atomic E-state index is 12.5. The number of ketones is 1. The minimum Gasteiger partial charge on any atom is -0.490 e. The fraction of sp³-hybridized carbons (Fsp3) is 0.235. The molecule has 0 aliphatic carbocycles. The van der Waals surface area contributed by atoms with Crippen LogP contribution in [0.4, 0.5) is 0 Å². The van der Waals surface area contributed by atoms with Crippen molar-refractivity contribution in [3.05, 3.63) is 63.6 Å². The summed E-state index contributed by atoms with van der Waals surface area (Å²) in [5.41, 5.74) is 1.19. The molecule has 0 N–H and O–H groups in total. The second-order valence-corrected chi connectivity index (χ2v) is 5.78. The van der Waals surface area contributed by atoms with Crippen LogP contribution in [0.3, 0.4) is 0 Å². The van der Waals surface area contributed by atoms with Crippen LogP contribution in [-0.2, 0) is 6.42 Å². The predicted octanol–water partition coefficient (Wildman–Crippen LogP) is 5.21. The zero-order valence-electron chi connectivity index (χ0n) is 11.9. The van der Waals surface area contributed by atoms with E-state index in [1.165, 1.54) is 0 Å². The van der Waals surface area contributed by atoms with Crippen molar-refractivity contribution in [1.29, 1.82) is 0 Å². The largest absolute Gasteiger partial charge is 0.490 e. The molecule has 2 rings (SSSR count). The number of hydrogen-bond acceptors (Lipinski definition) is 2. The average molecular weight is 323 g/mol. The molecule has 0 saturated carbocycles. The van der Waals surface area contributed by atoms with Gasteiger partial charge in [-0.05, 0) is 43.7 Å². The maximum absolute atomic E-state index is 12.5.